The standard InChI is InChI=1S/C28H26N6O3/c1-35-21-9-5-19(6-10-21)17-33-18-23(37-25-4-3-15-29-28(25)33)16-27-31-30-26-14-13-24(32-34(26)27)20-7-11-22(36-2)12-8-20/h3-15,23H,16-18H2,1-2H3. The Morgan fingerprint density at radius 1 is 0.892 bits per heavy atom. The van der Waals surface area contributed by atoms with Crippen LogP contribution in [0.1, 0.15) is 11.4 Å². The van der Waals surface area contributed by atoms with Gasteiger partial charge in [0, 0.05) is 24.7 Å². The molecule has 37 heavy (non-hydrogen) atoms. The lowest BCUT2D eigenvalue weighted by atomic mass is 10.1. The van der Waals surface area contributed by atoms with Crippen molar-refractivity contribution in [1.29, 1.82) is 0 Å². The molecule has 0 bridgehead atoms. The lowest BCUT2D eigenvalue weighted by Gasteiger charge is -2.35. The van der Waals surface area contributed by atoms with Crippen LogP contribution in [0.2, 0.25) is 0 Å². The number of benzene rings is 2. The van der Waals surface area contributed by atoms with Crippen LogP contribution in [-0.2, 0) is 13.0 Å². The van der Waals surface area contributed by atoms with Crippen molar-refractivity contribution in [3.8, 4) is 28.5 Å². The molecule has 0 radical (unpaired) electrons. The Balaban J connectivity index is 1.26. The first-order valence-electron chi connectivity index (χ1n) is 12.1. The van der Waals surface area contributed by atoms with Crippen LogP contribution in [0.3, 0.4) is 0 Å². The van der Waals surface area contributed by atoms with Crippen LogP contribution in [0.15, 0.2) is 79.0 Å². The third-order valence-corrected chi connectivity index (χ3v) is 6.42. The van der Waals surface area contributed by atoms with Gasteiger partial charge in [-0.2, -0.15) is 9.61 Å². The minimum atomic E-state index is -0.145. The van der Waals surface area contributed by atoms with Gasteiger partial charge in [0.15, 0.2) is 23.0 Å². The quantitative estimate of drug-likeness (QED) is 0.333. The zero-order chi connectivity index (χ0) is 25.2. The number of nitrogens with zero attached hydrogens (tertiary/aromatic N) is 6. The van der Waals surface area contributed by atoms with Gasteiger partial charge in [-0.15, -0.1) is 10.2 Å². The first-order valence-corrected chi connectivity index (χ1v) is 12.1. The number of aromatic nitrogens is 5. The summed E-state index contributed by atoms with van der Waals surface area (Å²) in [6, 6.07) is 23.6. The van der Waals surface area contributed by atoms with Gasteiger partial charge in [-0.25, -0.2) is 4.98 Å². The van der Waals surface area contributed by atoms with Crippen LogP contribution in [0.5, 0.6) is 17.2 Å². The summed E-state index contributed by atoms with van der Waals surface area (Å²) in [6.07, 6.45) is 2.20. The Hall–Kier alpha value is -4.66. The second kappa shape index (κ2) is 9.77. The van der Waals surface area contributed by atoms with E-state index < -0.39 is 0 Å². The summed E-state index contributed by atoms with van der Waals surface area (Å²) in [4.78, 5) is 6.83. The molecule has 0 spiro atoms. The van der Waals surface area contributed by atoms with Gasteiger partial charge < -0.3 is 19.1 Å². The third-order valence-electron chi connectivity index (χ3n) is 6.42. The van der Waals surface area contributed by atoms with Crippen LogP contribution < -0.4 is 19.1 Å². The molecule has 9 nitrogen and oxygen atoms in total. The molecule has 186 valence electrons. The minimum Gasteiger partial charge on any atom is -0.497 e. The van der Waals surface area contributed by atoms with Crippen molar-refractivity contribution < 1.29 is 14.2 Å². The predicted octanol–water partition coefficient (Wildman–Crippen LogP) is 4.21. The summed E-state index contributed by atoms with van der Waals surface area (Å²) in [6.45, 7) is 1.36. The molecule has 2 aromatic carbocycles. The Morgan fingerprint density at radius 2 is 1.65 bits per heavy atom. The monoisotopic (exact) mass is 494 g/mol. The summed E-state index contributed by atoms with van der Waals surface area (Å²) in [5, 5.41) is 13.6. The number of hydrogen-bond donors (Lipinski definition) is 0. The topological polar surface area (TPSA) is 86.9 Å². The van der Waals surface area contributed by atoms with Crippen LogP contribution in [0.25, 0.3) is 16.9 Å². The van der Waals surface area contributed by atoms with Gasteiger partial charge in [-0.1, -0.05) is 12.1 Å². The molecule has 0 saturated heterocycles. The molecule has 0 N–H and O–H groups in total. The molecule has 1 aliphatic heterocycles. The number of hydrogen-bond acceptors (Lipinski definition) is 8. The fraction of sp³-hybridized carbons (Fsp3) is 0.214. The number of fused-ring (bicyclic) bond motifs is 2. The van der Waals surface area contributed by atoms with Crippen LogP contribution >= 0.6 is 0 Å². The molecule has 1 aliphatic rings. The second-order valence-electron chi connectivity index (χ2n) is 8.83. The number of methoxy groups -OCH3 is 2. The van der Waals surface area contributed by atoms with E-state index in [2.05, 4.69) is 32.2 Å². The lowest BCUT2D eigenvalue weighted by Crippen LogP contribution is -2.41. The summed E-state index contributed by atoms with van der Waals surface area (Å²) in [7, 11) is 3.33. The number of ether oxygens (including phenoxy) is 3. The smallest absolute Gasteiger partial charge is 0.177 e. The summed E-state index contributed by atoms with van der Waals surface area (Å²) >= 11 is 0. The van der Waals surface area contributed by atoms with Crippen molar-refractivity contribution in [2.24, 2.45) is 0 Å². The van der Waals surface area contributed by atoms with Gasteiger partial charge in [-0.05, 0) is 66.2 Å². The highest BCUT2D eigenvalue weighted by Gasteiger charge is 2.28. The summed E-state index contributed by atoms with van der Waals surface area (Å²) in [5.74, 6) is 3.97. The van der Waals surface area contributed by atoms with E-state index in [0.29, 0.717) is 25.2 Å². The summed E-state index contributed by atoms with van der Waals surface area (Å²) < 4.78 is 18.7. The van der Waals surface area contributed by atoms with Gasteiger partial charge in [-0.3, -0.25) is 0 Å². The summed E-state index contributed by atoms with van der Waals surface area (Å²) in [5.41, 5.74) is 3.68. The highest BCUT2D eigenvalue weighted by molar-refractivity contribution is 5.61. The van der Waals surface area contributed by atoms with Crippen molar-refractivity contribution in [3.63, 3.8) is 0 Å². The zero-order valence-corrected chi connectivity index (χ0v) is 20.6. The largest absolute Gasteiger partial charge is 0.497 e. The normalized spacial score (nSPS) is 14.8. The van der Waals surface area contributed by atoms with Gasteiger partial charge in [0.2, 0.25) is 0 Å². The SMILES string of the molecule is COc1ccc(CN2CC(Cc3nnc4ccc(-c5ccc(OC)cc5)nn34)Oc3cccnc32)cc1. The van der Waals surface area contributed by atoms with Gasteiger partial charge in [0.1, 0.15) is 17.6 Å². The lowest BCUT2D eigenvalue weighted by molar-refractivity contribution is 0.188. The van der Waals surface area contributed by atoms with Crippen molar-refractivity contribution in [1.82, 2.24) is 24.8 Å². The molecular weight excluding hydrogens is 468 g/mol. The van der Waals surface area contributed by atoms with E-state index in [4.69, 9.17) is 19.3 Å². The van der Waals surface area contributed by atoms with Gasteiger partial charge in [0.25, 0.3) is 0 Å². The fourth-order valence-corrected chi connectivity index (χ4v) is 4.54. The van der Waals surface area contributed by atoms with E-state index in [9.17, 15) is 0 Å². The van der Waals surface area contributed by atoms with E-state index in [1.165, 1.54) is 0 Å². The van der Waals surface area contributed by atoms with Crippen molar-refractivity contribution in [2.75, 3.05) is 25.7 Å². The van der Waals surface area contributed by atoms with Gasteiger partial charge >= 0.3 is 0 Å². The molecule has 4 heterocycles. The third kappa shape index (κ3) is 4.63. The van der Waals surface area contributed by atoms with Crippen molar-refractivity contribution in [3.05, 3.63) is 90.4 Å². The van der Waals surface area contributed by atoms with E-state index in [-0.39, 0.29) is 6.10 Å². The Labute approximate surface area is 214 Å². The van der Waals surface area contributed by atoms with E-state index >= 15 is 0 Å². The molecular formula is C28H26N6O3. The Bertz CT molecular complexity index is 1520. The highest BCUT2D eigenvalue weighted by atomic mass is 16.5. The van der Waals surface area contributed by atoms with Crippen molar-refractivity contribution in [2.45, 2.75) is 19.1 Å². The number of anilines is 1. The molecule has 6 rings (SSSR count). The maximum Gasteiger partial charge on any atom is 0.177 e. The molecule has 1 atom stereocenters. The van der Waals surface area contributed by atoms with Gasteiger partial charge in [0.05, 0.1) is 26.5 Å². The number of pyridine rings is 1. The van der Waals surface area contributed by atoms with E-state index in [0.717, 1.165) is 45.7 Å². The Morgan fingerprint density at radius 3 is 2.41 bits per heavy atom. The molecule has 3 aromatic heterocycles. The fourth-order valence-electron chi connectivity index (χ4n) is 4.54. The maximum atomic E-state index is 6.35. The van der Waals surface area contributed by atoms with Crippen LogP contribution in [0, 0.1) is 0 Å². The average Bonchev–Trinajstić information content (AvgIpc) is 3.35. The molecule has 1 unspecified atom stereocenters. The molecule has 0 amide bonds. The van der Waals surface area contributed by atoms with Crippen LogP contribution in [-0.4, -0.2) is 51.7 Å². The minimum absolute atomic E-state index is 0.145. The van der Waals surface area contributed by atoms with E-state index in [1.807, 2.05) is 60.7 Å². The second-order valence-corrected chi connectivity index (χ2v) is 8.83. The van der Waals surface area contributed by atoms with Crippen molar-refractivity contribution >= 4 is 11.5 Å². The predicted molar refractivity (Wildman–Crippen MR) is 139 cm³/mol. The molecule has 9 heteroatoms. The average molecular weight is 495 g/mol. The zero-order valence-electron chi connectivity index (χ0n) is 20.6. The molecule has 0 aliphatic carbocycles. The number of rotatable bonds is 7. The molecule has 0 fully saturated rings. The first kappa shape index (κ1) is 22.8. The Kier molecular flexibility index (Phi) is 6.02. The maximum absolute atomic E-state index is 6.35. The highest BCUT2D eigenvalue weighted by Crippen LogP contribution is 2.33. The molecule has 0 saturated carbocycles. The van der Waals surface area contributed by atoms with E-state index in [1.54, 1.807) is 24.9 Å². The molecule has 5 aromatic rings. The van der Waals surface area contributed by atoms with Crippen LogP contribution in [0.4, 0.5) is 5.82 Å². The first-order chi connectivity index (χ1) is 18.2.